The molecular weight excluding hydrogens is 586 g/mol. The molecule has 232 valence electrons. The second-order valence-corrected chi connectivity index (χ2v) is 12.7. The van der Waals surface area contributed by atoms with Crippen LogP contribution in [0, 0.1) is 23.0 Å². The molecule has 0 saturated carbocycles. The normalized spacial score (nSPS) is 12.0. The van der Waals surface area contributed by atoms with Crippen LogP contribution in [-0.2, 0) is 16.2 Å². The molecule has 0 amide bonds. The topological polar surface area (TPSA) is 62.5 Å². The molecule has 0 bridgehead atoms. The average Bonchev–Trinajstić information content (AvgIpc) is 3.10. The van der Waals surface area contributed by atoms with Gasteiger partial charge in [-0.05, 0) is 67.4 Å². The van der Waals surface area contributed by atoms with Gasteiger partial charge in [0.1, 0.15) is 28.7 Å². The zero-order valence-electron chi connectivity index (χ0n) is 26.7. The van der Waals surface area contributed by atoms with Crippen LogP contribution >= 0.6 is 0 Å². The molecule has 6 rings (SSSR count). The van der Waals surface area contributed by atoms with E-state index in [1.54, 1.807) is 6.07 Å². The van der Waals surface area contributed by atoms with Crippen LogP contribution in [0.25, 0.3) is 0 Å². The molecule has 47 heavy (non-hydrogen) atoms. The standard InChI is InChI=1S/C41H34F2N4/c1-39(2,31-24-25-32(42)30(27-44)38(31)43)33-20-13-21-34(46-33)40(3,4)35-22-14-23-37(47-35)41(28-15-7-5-8-16-28,29-17-9-6-10-18-29)36-19-11-12-26-45-36/h5-26H,1-4H3. The zero-order chi connectivity index (χ0) is 33.2. The van der Waals surface area contributed by atoms with E-state index in [-0.39, 0.29) is 5.56 Å². The first-order chi connectivity index (χ1) is 22.6. The quantitative estimate of drug-likeness (QED) is 0.170. The van der Waals surface area contributed by atoms with E-state index < -0.39 is 33.4 Å². The van der Waals surface area contributed by atoms with E-state index in [0.717, 1.165) is 40.0 Å². The Morgan fingerprint density at radius 1 is 0.532 bits per heavy atom. The summed E-state index contributed by atoms with van der Waals surface area (Å²) in [6.45, 7) is 7.78. The highest BCUT2D eigenvalue weighted by Crippen LogP contribution is 2.44. The third kappa shape index (κ3) is 5.38. The zero-order valence-corrected chi connectivity index (χ0v) is 26.7. The van der Waals surface area contributed by atoms with E-state index in [1.165, 1.54) is 6.07 Å². The third-order valence-corrected chi connectivity index (χ3v) is 9.14. The third-order valence-electron chi connectivity index (χ3n) is 9.14. The summed E-state index contributed by atoms with van der Waals surface area (Å²) in [4.78, 5) is 15.4. The first-order valence-electron chi connectivity index (χ1n) is 15.5. The van der Waals surface area contributed by atoms with E-state index in [4.69, 9.17) is 15.0 Å². The van der Waals surface area contributed by atoms with Gasteiger partial charge in [-0.3, -0.25) is 15.0 Å². The van der Waals surface area contributed by atoms with Gasteiger partial charge in [0.05, 0.1) is 28.5 Å². The Labute approximate surface area is 274 Å². The minimum Gasteiger partial charge on any atom is -0.260 e. The van der Waals surface area contributed by atoms with Crippen molar-refractivity contribution in [3.8, 4) is 6.07 Å². The molecule has 3 aromatic heterocycles. The summed E-state index contributed by atoms with van der Waals surface area (Å²) in [5.41, 5.74) is 3.00. The van der Waals surface area contributed by atoms with Crippen LogP contribution in [0.4, 0.5) is 8.78 Å². The SMILES string of the molecule is CC(C)(c1cccc(C(C)(C)c2ccc(F)c(C#N)c2F)n1)c1cccc(C(c2ccccc2)(c2ccccc2)c2ccccn2)n1. The Morgan fingerprint density at radius 3 is 1.55 bits per heavy atom. The van der Waals surface area contributed by atoms with Gasteiger partial charge in [0, 0.05) is 22.6 Å². The maximum absolute atomic E-state index is 15.4. The molecule has 6 aromatic rings. The molecule has 0 unspecified atom stereocenters. The number of benzene rings is 3. The minimum atomic E-state index is -0.959. The summed E-state index contributed by atoms with van der Waals surface area (Å²) in [7, 11) is 0. The Kier molecular flexibility index (Phi) is 8.25. The van der Waals surface area contributed by atoms with Gasteiger partial charge in [0.15, 0.2) is 0 Å². The van der Waals surface area contributed by atoms with Crippen LogP contribution in [0.3, 0.4) is 0 Å². The molecule has 3 heterocycles. The lowest BCUT2D eigenvalue weighted by Crippen LogP contribution is -2.34. The van der Waals surface area contributed by atoms with Gasteiger partial charge < -0.3 is 0 Å². The van der Waals surface area contributed by atoms with Crippen molar-refractivity contribution in [3.63, 3.8) is 0 Å². The molecule has 3 aromatic carbocycles. The molecule has 0 N–H and O–H groups in total. The Bertz CT molecular complexity index is 1970. The maximum Gasteiger partial charge on any atom is 0.148 e. The minimum absolute atomic E-state index is 0.198. The van der Waals surface area contributed by atoms with Crippen molar-refractivity contribution in [1.82, 2.24) is 15.0 Å². The number of rotatable bonds is 8. The van der Waals surface area contributed by atoms with Crippen LogP contribution in [0.15, 0.2) is 134 Å². The van der Waals surface area contributed by atoms with Crippen molar-refractivity contribution in [2.24, 2.45) is 0 Å². The average molecular weight is 621 g/mol. The summed E-state index contributed by atoms with van der Waals surface area (Å²) >= 11 is 0. The number of halogens is 2. The largest absolute Gasteiger partial charge is 0.260 e. The second-order valence-electron chi connectivity index (χ2n) is 12.7. The Morgan fingerprint density at radius 2 is 1.02 bits per heavy atom. The molecular formula is C41H34F2N4. The van der Waals surface area contributed by atoms with Crippen molar-refractivity contribution in [2.75, 3.05) is 0 Å². The highest BCUT2D eigenvalue weighted by molar-refractivity contribution is 5.56. The maximum atomic E-state index is 15.4. The van der Waals surface area contributed by atoms with Gasteiger partial charge in [0.25, 0.3) is 0 Å². The summed E-state index contributed by atoms with van der Waals surface area (Å²) in [5, 5.41) is 9.38. The van der Waals surface area contributed by atoms with Crippen molar-refractivity contribution in [3.05, 3.63) is 196 Å². The predicted molar refractivity (Wildman–Crippen MR) is 180 cm³/mol. The molecule has 0 aliphatic rings. The van der Waals surface area contributed by atoms with Gasteiger partial charge in [0.2, 0.25) is 0 Å². The van der Waals surface area contributed by atoms with Crippen LogP contribution < -0.4 is 0 Å². The molecule has 6 heteroatoms. The van der Waals surface area contributed by atoms with E-state index in [9.17, 15) is 9.65 Å². The van der Waals surface area contributed by atoms with E-state index in [0.29, 0.717) is 5.69 Å². The van der Waals surface area contributed by atoms with E-state index in [2.05, 4.69) is 38.1 Å². The van der Waals surface area contributed by atoms with Crippen molar-refractivity contribution < 1.29 is 8.78 Å². The monoisotopic (exact) mass is 620 g/mol. The summed E-state index contributed by atoms with van der Waals surface area (Å²) in [6, 6.07) is 42.4. The molecule has 0 spiro atoms. The Balaban J connectivity index is 1.51. The molecule has 4 nitrogen and oxygen atoms in total. The predicted octanol–water partition coefficient (Wildman–Crippen LogP) is 9.06. The fourth-order valence-electron chi connectivity index (χ4n) is 6.38. The number of nitriles is 1. The smallest absolute Gasteiger partial charge is 0.148 e. The summed E-state index contributed by atoms with van der Waals surface area (Å²) < 4.78 is 29.6. The molecule has 0 aliphatic heterocycles. The first kappa shape index (κ1) is 31.4. The lowest BCUT2D eigenvalue weighted by Gasteiger charge is -2.35. The van der Waals surface area contributed by atoms with Gasteiger partial charge in [-0.25, -0.2) is 8.78 Å². The fraction of sp³-hybridized carbons (Fsp3) is 0.171. The van der Waals surface area contributed by atoms with Gasteiger partial charge >= 0.3 is 0 Å². The van der Waals surface area contributed by atoms with Crippen molar-refractivity contribution in [1.29, 1.82) is 5.26 Å². The van der Waals surface area contributed by atoms with Crippen LogP contribution in [-0.4, -0.2) is 15.0 Å². The van der Waals surface area contributed by atoms with E-state index >= 15 is 4.39 Å². The Hall–Kier alpha value is -5.54. The van der Waals surface area contributed by atoms with Crippen LogP contribution in [0.1, 0.15) is 78.4 Å². The van der Waals surface area contributed by atoms with Crippen LogP contribution in [0.2, 0.25) is 0 Å². The fourth-order valence-corrected chi connectivity index (χ4v) is 6.38. The van der Waals surface area contributed by atoms with Crippen molar-refractivity contribution in [2.45, 2.75) is 43.9 Å². The number of pyridine rings is 3. The van der Waals surface area contributed by atoms with Crippen LogP contribution in [0.5, 0.6) is 0 Å². The van der Waals surface area contributed by atoms with Crippen molar-refractivity contribution >= 4 is 0 Å². The molecule has 0 fully saturated rings. The summed E-state index contributed by atoms with van der Waals surface area (Å²) in [5.74, 6) is -1.75. The van der Waals surface area contributed by atoms with Gasteiger partial charge in [-0.2, -0.15) is 5.26 Å². The van der Waals surface area contributed by atoms with Gasteiger partial charge in [-0.1, -0.05) is 98.8 Å². The second kappa shape index (κ2) is 12.3. The number of hydrogen-bond donors (Lipinski definition) is 0. The highest BCUT2D eigenvalue weighted by atomic mass is 19.1. The highest BCUT2D eigenvalue weighted by Gasteiger charge is 2.42. The molecule has 0 aliphatic carbocycles. The lowest BCUT2D eigenvalue weighted by molar-refractivity contribution is 0.513. The van der Waals surface area contributed by atoms with E-state index in [1.807, 2.05) is 111 Å². The number of hydrogen-bond acceptors (Lipinski definition) is 4. The first-order valence-corrected chi connectivity index (χ1v) is 15.5. The van der Waals surface area contributed by atoms with Gasteiger partial charge in [-0.15, -0.1) is 0 Å². The molecule has 0 saturated heterocycles. The number of aromatic nitrogens is 3. The molecule has 0 radical (unpaired) electrons. The molecule has 0 atom stereocenters. The summed E-state index contributed by atoms with van der Waals surface area (Å²) in [6.07, 6.45) is 1.81. The lowest BCUT2D eigenvalue weighted by atomic mass is 9.69. The number of nitrogens with zero attached hydrogens (tertiary/aromatic N) is 4.